The monoisotopic (exact) mass is 241 g/mol. The number of hydrogen-bond acceptors (Lipinski definition) is 4. The predicted octanol–water partition coefficient (Wildman–Crippen LogP) is 1.35. The van der Waals surface area contributed by atoms with Gasteiger partial charge < -0.3 is 14.7 Å². The maximum atomic E-state index is 12.0. The molecule has 1 unspecified atom stereocenters. The summed E-state index contributed by atoms with van der Waals surface area (Å²) >= 11 is 1.37. The Morgan fingerprint density at radius 3 is 2.94 bits per heavy atom. The first-order chi connectivity index (χ1) is 7.52. The third-order valence-corrected chi connectivity index (χ3v) is 3.66. The second-order valence-corrected chi connectivity index (χ2v) is 5.24. The second kappa shape index (κ2) is 4.07. The van der Waals surface area contributed by atoms with E-state index in [9.17, 15) is 9.90 Å². The number of carbonyl (C=O) groups excluding carboxylic acids is 1. The molecule has 0 radical (unpaired) electrons. The smallest absolute Gasteiger partial charge is 0.264 e. The minimum Gasteiger partial charge on any atom is -0.496 e. The molecule has 16 heavy (non-hydrogen) atoms. The van der Waals surface area contributed by atoms with Crippen LogP contribution in [0.5, 0.6) is 5.75 Å². The van der Waals surface area contributed by atoms with Crippen molar-refractivity contribution in [1.82, 2.24) is 4.90 Å². The number of likely N-dealkylation sites (tertiary alicyclic amines) is 1. The van der Waals surface area contributed by atoms with Crippen molar-refractivity contribution in [3.63, 3.8) is 0 Å². The van der Waals surface area contributed by atoms with Gasteiger partial charge in [0.25, 0.3) is 5.91 Å². The van der Waals surface area contributed by atoms with E-state index in [1.54, 1.807) is 30.4 Å². The van der Waals surface area contributed by atoms with E-state index >= 15 is 0 Å². The van der Waals surface area contributed by atoms with Crippen LogP contribution in [0.25, 0.3) is 0 Å². The molecule has 1 aliphatic heterocycles. The fourth-order valence-corrected chi connectivity index (χ4v) is 2.63. The van der Waals surface area contributed by atoms with Gasteiger partial charge in [-0.25, -0.2) is 0 Å². The van der Waals surface area contributed by atoms with Crippen LogP contribution in [0.2, 0.25) is 0 Å². The molecule has 1 atom stereocenters. The number of methoxy groups -OCH3 is 1. The molecule has 0 aliphatic carbocycles. The number of thiophene rings is 1. The largest absolute Gasteiger partial charge is 0.496 e. The fraction of sp³-hybridized carbons (Fsp3) is 0.545. The zero-order valence-corrected chi connectivity index (χ0v) is 10.2. The molecule has 0 saturated carbocycles. The van der Waals surface area contributed by atoms with Crippen LogP contribution in [-0.4, -0.2) is 41.7 Å². The molecule has 5 heteroatoms. The third kappa shape index (κ3) is 2.20. The van der Waals surface area contributed by atoms with Crippen LogP contribution in [0.1, 0.15) is 23.0 Å². The highest BCUT2D eigenvalue weighted by molar-refractivity contribution is 7.12. The number of nitrogens with zero attached hydrogens (tertiary/aromatic N) is 1. The van der Waals surface area contributed by atoms with Crippen molar-refractivity contribution in [2.45, 2.75) is 18.9 Å². The van der Waals surface area contributed by atoms with E-state index in [4.69, 9.17) is 4.74 Å². The van der Waals surface area contributed by atoms with Crippen LogP contribution < -0.4 is 4.74 Å². The van der Waals surface area contributed by atoms with Crippen molar-refractivity contribution < 1.29 is 14.6 Å². The first-order valence-corrected chi connectivity index (χ1v) is 6.04. The molecule has 88 valence electrons. The Morgan fingerprint density at radius 2 is 2.44 bits per heavy atom. The van der Waals surface area contributed by atoms with Crippen molar-refractivity contribution >= 4 is 17.2 Å². The Balaban J connectivity index is 2.08. The molecule has 0 aromatic carbocycles. The summed E-state index contributed by atoms with van der Waals surface area (Å²) in [5, 5.41) is 11.6. The van der Waals surface area contributed by atoms with Crippen LogP contribution in [-0.2, 0) is 0 Å². The molecule has 1 aromatic rings. The Hall–Kier alpha value is -1.07. The lowest BCUT2D eigenvalue weighted by molar-refractivity contribution is 0.0574. The van der Waals surface area contributed by atoms with Gasteiger partial charge in [-0.15, -0.1) is 11.3 Å². The number of aliphatic hydroxyl groups is 1. The molecule has 1 aromatic heterocycles. The zero-order valence-electron chi connectivity index (χ0n) is 9.40. The lowest BCUT2D eigenvalue weighted by atomic mass is 10.1. The normalized spacial score (nSPS) is 24.8. The molecular weight excluding hydrogens is 226 g/mol. The lowest BCUT2D eigenvalue weighted by Gasteiger charge is -2.18. The van der Waals surface area contributed by atoms with Crippen LogP contribution in [0.4, 0.5) is 0 Å². The highest BCUT2D eigenvalue weighted by Crippen LogP contribution is 2.26. The average Bonchev–Trinajstić information content (AvgIpc) is 2.83. The van der Waals surface area contributed by atoms with Gasteiger partial charge >= 0.3 is 0 Å². The average molecular weight is 241 g/mol. The van der Waals surface area contributed by atoms with Gasteiger partial charge in [0.1, 0.15) is 5.75 Å². The van der Waals surface area contributed by atoms with E-state index in [0.29, 0.717) is 30.1 Å². The number of ether oxygens (including phenoxy) is 1. The molecule has 1 aliphatic rings. The van der Waals surface area contributed by atoms with Crippen molar-refractivity contribution in [1.29, 1.82) is 0 Å². The van der Waals surface area contributed by atoms with E-state index < -0.39 is 5.60 Å². The fourth-order valence-electron chi connectivity index (χ4n) is 1.81. The minimum absolute atomic E-state index is 0.0222. The molecule has 0 spiro atoms. The summed E-state index contributed by atoms with van der Waals surface area (Å²) in [6.45, 7) is 2.79. The van der Waals surface area contributed by atoms with Gasteiger partial charge in [-0.3, -0.25) is 4.79 Å². The Bertz CT molecular complexity index is 400. The maximum absolute atomic E-state index is 12.0. The maximum Gasteiger partial charge on any atom is 0.264 e. The van der Waals surface area contributed by atoms with Gasteiger partial charge in [0.15, 0.2) is 0 Å². The van der Waals surface area contributed by atoms with Crippen molar-refractivity contribution in [3.8, 4) is 5.75 Å². The molecular formula is C11H15NO3S. The summed E-state index contributed by atoms with van der Waals surface area (Å²) in [4.78, 5) is 14.4. The van der Waals surface area contributed by atoms with E-state index in [1.165, 1.54) is 11.3 Å². The molecule has 1 N–H and O–H groups in total. The van der Waals surface area contributed by atoms with Crippen LogP contribution >= 0.6 is 11.3 Å². The summed E-state index contributed by atoms with van der Waals surface area (Å²) in [7, 11) is 1.58. The van der Waals surface area contributed by atoms with Crippen molar-refractivity contribution in [2.24, 2.45) is 0 Å². The standard InChI is InChI=1S/C11H15NO3S/c1-11(14)3-4-12(7-11)10(13)9-5-8(15-2)6-16-9/h5-6,14H,3-4,7H2,1-2H3. The highest BCUT2D eigenvalue weighted by Gasteiger charge is 2.34. The quantitative estimate of drug-likeness (QED) is 0.850. The number of rotatable bonds is 2. The highest BCUT2D eigenvalue weighted by atomic mass is 32.1. The number of carbonyl (C=O) groups is 1. The first kappa shape index (κ1) is 11.4. The van der Waals surface area contributed by atoms with Gasteiger partial charge in [0, 0.05) is 24.5 Å². The number of β-amino-alcohol motifs (C(OH)–C–C–N with tert-alkyl or cyclic N) is 1. The Morgan fingerprint density at radius 1 is 1.69 bits per heavy atom. The van der Waals surface area contributed by atoms with Gasteiger partial charge in [-0.1, -0.05) is 0 Å². The second-order valence-electron chi connectivity index (χ2n) is 4.32. The summed E-state index contributed by atoms with van der Waals surface area (Å²) in [6, 6.07) is 1.74. The summed E-state index contributed by atoms with van der Waals surface area (Å²) in [6.07, 6.45) is 0.640. The summed E-state index contributed by atoms with van der Waals surface area (Å²) in [5.41, 5.74) is -0.739. The van der Waals surface area contributed by atoms with Crippen LogP contribution in [0, 0.1) is 0 Å². The van der Waals surface area contributed by atoms with Crippen LogP contribution in [0.3, 0.4) is 0 Å². The van der Waals surface area contributed by atoms with E-state index in [2.05, 4.69) is 0 Å². The molecule has 2 rings (SSSR count). The van der Waals surface area contributed by atoms with Gasteiger partial charge in [-0.05, 0) is 13.3 Å². The number of amides is 1. The Labute approximate surface area is 98.4 Å². The predicted molar refractivity (Wildman–Crippen MR) is 62.0 cm³/mol. The SMILES string of the molecule is COc1csc(C(=O)N2CCC(C)(O)C2)c1. The summed E-state index contributed by atoms with van der Waals surface area (Å²) in [5.74, 6) is 0.686. The molecule has 1 fully saturated rings. The third-order valence-electron chi connectivity index (χ3n) is 2.76. The van der Waals surface area contributed by atoms with Crippen molar-refractivity contribution in [3.05, 3.63) is 16.3 Å². The van der Waals surface area contributed by atoms with Gasteiger partial charge in [0.2, 0.25) is 0 Å². The minimum atomic E-state index is -0.739. The van der Waals surface area contributed by atoms with E-state index in [0.717, 1.165) is 0 Å². The topological polar surface area (TPSA) is 49.8 Å². The molecule has 1 amide bonds. The first-order valence-electron chi connectivity index (χ1n) is 5.16. The molecule has 2 heterocycles. The molecule has 1 saturated heterocycles. The van der Waals surface area contributed by atoms with Crippen molar-refractivity contribution in [2.75, 3.05) is 20.2 Å². The Kier molecular flexibility index (Phi) is 2.90. The van der Waals surface area contributed by atoms with Gasteiger partial charge in [0.05, 0.1) is 17.6 Å². The van der Waals surface area contributed by atoms with Gasteiger partial charge in [-0.2, -0.15) is 0 Å². The molecule has 0 bridgehead atoms. The van der Waals surface area contributed by atoms with E-state index in [-0.39, 0.29) is 5.91 Å². The zero-order chi connectivity index (χ0) is 11.8. The summed E-state index contributed by atoms with van der Waals surface area (Å²) < 4.78 is 5.04. The van der Waals surface area contributed by atoms with Crippen LogP contribution in [0.15, 0.2) is 11.4 Å². The number of hydrogen-bond donors (Lipinski definition) is 1. The lowest BCUT2D eigenvalue weighted by Crippen LogP contribution is -2.33. The van der Waals surface area contributed by atoms with E-state index in [1.807, 2.05) is 0 Å². The molecule has 4 nitrogen and oxygen atoms in total.